The molecule has 1 saturated carbocycles. The molecule has 0 aromatic heterocycles. The van der Waals surface area contributed by atoms with Crippen LogP contribution in [0.5, 0.6) is 0 Å². The summed E-state index contributed by atoms with van der Waals surface area (Å²) in [6.07, 6.45) is 3.73. The minimum atomic E-state index is -6.06. The second-order valence-corrected chi connectivity index (χ2v) is 9.53. The number of halogens is 3. The Balaban J connectivity index is 2.53. The molecule has 0 radical (unpaired) electrons. The van der Waals surface area contributed by atoms with Crippen LogP contribution in [-0.2, 0) is 34.3 Å². The van der Waals surface area contributed by atoms with E-state index in [0.717, 1.165) is 12.8 Å². The van der Waals surface area contributed by atoms with Crippen LogP contribution in [0.15, 0.2) is 12.3 Å². The average molecular weight is 423 g/mol. The van der Waals surface area contributed by atoms with Crippen LogP contribution in [0.25, 0.3) is 0 Å². The van der Waals surface area contributed by atoms with Gasteiger partial charge in [0.25, 0.3) is 0 Å². The van der Waals surface area contributed by atoms with Crippen LogP contribution >= 0.6 is 0 Å². The molecule has 0 atom stereocenters. The van der Waals surface area contributed by atoms with Crippen LogP contribution in [-0.4, -0.2) is 46.3 Å². The molecule has 1 fully saturated rings. The highest BCUT2D eigenvalue weighted by Gasteiger charge is 2.48. The molecule has 26 heavy (non-hydrogen) atoms. The third-order valence-electron chi connectivity index (χ3n) is 3.87. The summed E-state index contributed by atoms with van der Waals surface area (Å²) in [4.78, 5) is 11.9. The van der Waals surface area contributed by atoms with Crippen molar-refractivity contribution >= 4 is 26.0 Å². The summed E-state index contributed by atoms with van der Waals surface area (Å²) in [5.41, 5.74) is -6.40. The lowest BCUT2D eigenvalue weighted by Gasteiger charge is -2.27. The molecule has 0 heterocycles. The van der Waals surface area contributed by atoms with Crippen molar-refractivity contribution in [2.75, 3.05) is 12.4 Å². The second kappa shape index (κ2) is 8.13. The van der Waals surface area contributed by atoms with Crippen LogP contribution in [0, 0.1) is 0 Å². The molecule has 0 aromatic rings. The fourth-order valence-corrected chi connectivity index (χ4v) is 4.74. The van der Waals surface area contributed by atoms with Crippen molar-refractivity contribution in [3.63, 3.8) is 0 Å². The molecule has 1 rings (SSSR count). The quantitative estimate of drug-likeness (QED) is 0.340. The average Bonchev–Trinajstić information content (AvgIpc) is 2.93. The maximum Gasteiger partial charge on any atom is 0.512 e. The zero-order valence-electron chi connectivity index (χ0n) is 14.0. The third-order valence-corrected chi connectivity index (χ3v) is 7.07. The van der Waals surface area contributed by atoms with E-state index in [1.165, 1.54) is 0 Å². The number of sulfonamides is 2. The summed E-state index contributed by atoms with van der Waals surface area (Å²) in [6.45, 7) is 4.35. The van der Waals surface area contributed by atoms with E-state index in [1.54, 1.807) is 0 Å². The Morgan fingerprint density at radius 3 is 2.19 bits per heavy atom. The normalized spacial score (nSPS) is 17.7. The van der Waals surface area contributed by atoms with Gasteiger partial charge in [0.05, 0.1) is 5.75 Å². The molecular weight excluding hydrogens is 403 g/mol. The highest BCUT2D eigenvalue weighted by molar-refractivity contribution is 8.05. The van der Waals surface area contributed by atoms with E-state index in [2.05, 4.69) is 6.58 Å². The van der Waals surface area contributed by atoms with Gasteiger partial charge in [-0.15, -0.1) is 4.13 Å². The van der Waals surface area contributed by atoms with Gasteiger partial charge in [-0.2, -0.15) is 13.2 Å². The molecule has 0 aromatic carbocycles. The number of ether oxygens (including phenoxy) is 2. The maximum atomic E-state index is 12.2. The largest absolute Gasteiger partial charge is 0.512 e. The lowest BCUT2D eigenvalue weighted by atomic mass is 9.99. The Bertz CT molecular complexity index is 738. The highest BCUT2D eigenvalue weighted by atomic mass is 32.3. The predicted octanol–water partition coefficient (Wildman–Crippen LogP) is 1.55. The van der Waals surface area contributed by atoms with E-state index in [-0.39, 0.29) is 0 Å². The summed E-state index contributed by atoms with van der Waals surface area (Å²) in [7, 11) is -10.9. The van der Waals surface area contributed by atoms with Crippen LogP contribution in [0.1, 0.15) is 39.0 Å². The van der Waals surface area contributed by atoms with Crippen molar-refractivity contribution < 1.29 is 44.3 Å². The number of esters is 1. The van der Waals surface area contributed by atoms with Crippen molar-refractivity contribution in [3.05, 3.63) is 12.3 Å². The van der Waals surface area contributed by atoms with Crippen molar-refractivity contribution in [1.82, 2.24) is 4.13 Å². The van der Waals surface area contributed by atoms with Crippen LogP contribution < -0.4 is 4.13 Å². The Kier molecular flexibility index (Phi) is 7.10. The Morgan fingerprint density at radius 1 is 1.19 bits per heavy atom. The van der Waals surface area contributed by atoms with Gasteiger partial charge < -0.3 is 9.47 Å². The molecule has 0 amide bonds. The summed E-state index contributed by atoms with van der Waals surface area (Å²) in [5.74, 6) is -2.55. The SMILES string of the molecule is C=C(OCCS(=O)(=O)NS(=O)(=O)C(F)(F)F)C(=O)OC1(CC)CCCC1. The first kappa shape index (κ1) is 22.7. The lowest BCUT2D eigenvalue weighted by Crippen LogP contribution is -2.41. The Hall–Kier alpha value is -1.34. The minimum Gasteiger partial charge on any atom is -0.486 e. The maximum absolute atomic E-state index is 12.2. The van der Waals surface area contributed by atoms with Gasteiger partial charge in [0.15, 0.2) is 5.76 Å². The topological polar surface area (TPSA) is 116 Å². The zero-order valence-corrected chi connectivity index (χ0v) is 15.6. The van der Waals surface area contributed by atoms with Crippen LogP contribution in [0.3, 0.4) is 0 Å². The molecule has 152 valence electrons. The molecule has 0 aliphatic heterocycles. The number of nitrogens with one attached hydrogen (secondary N) is 1. The van der Waals surface area contributed by atoms with E-state index < -0.39 is 55.2 Å². The summed E-state index contributed by atoms with van der Waals surface area (Å²) in [6, 6.07) is 0. The first-order chi connectivity index (χ1) is 11.7. The van der Waals surface area contributed by atoms with Crippen LogP contribution in [0.2, 0.25) is 0 Å². The van der Waals surface area contributed by atoms with Gasteiger partial charge in [-0.3, -0.25) is 0 Å². The molecule has 0 bridgehead atoms. The number of hydrogen-bond donors (Lipinski definition) is 1. The second-order valence-electron chi connectivity index (χ2n) is 5.76. The standard InChI is InChI=1S/C13H20F3NO7S2/c1-3-12(6-4-5-7-12)24-11(18)10(2)23-8-9-25(19,20)17-26(21,22)13(14,15)16/h17H,2-9H2,1H3. The first-order valence-corrected chi connectivity index (χ1v) is 10.7. The van der Waals surface area contributed by atoms with Gasteiger partial charge in [-0.25, -0.2) is 21.6 Å². The molecule has 0 unspecified atom stereocenters. The summed E-state index contributed by atoms with van der Waals surface area (Å²) in [5, 5.41) is 0. The fraction of sp³-hybridized carbons (Fsp3) is 0.769. The third kappa shape index (κ3) is 6.13. The number of hydrogen-bond acceptors (Lipinski definition) is 7. The zero-order chi connectivity index (χ0) is 20.2. The smallest absolute Gasteiger partial charge is 0.486 e. The molecule has 1 aliphatic carbocycles. The summed E-state index contributed by atoms with van der Waals surface area (Å²) >= 11 is 0. The van der Waals surface area contributed by atoms with E-state index in [1.807, 2.05) is 6.92 Å². The van der Waals surface area contributed by atoms with Crippen molar-refractivity contribution in [3.8, 4) is 0 Å². The minimum absolute atomic E-state index is 0.515. The molecule has 1 aliphatic rings. The van der Waals surface area contributed by atoms with Gasteiger partial charge in [0.2, 0.25) is 10.0 Å². The molecule has 1 N–H and O–H groups in total. The van der Waals surface area contributed by atoms with E-state index in [4.69, 9.17) is 9.47 Å². The molecule has 0 spiro atoms. The molecule has 0 saturated heterocycles. The first-order valence-electron chi connectivity index (χ1n) is 7.61. The van der Waals surface area contributed by atoms with Gasteiger partial charge in [0.1, 0.15) is 12.2 Å². The lowest BCUT2D eigenvalue weighted by molar-refractivity contribution is -0.158. The van der Waals surface area contributed by atoms with E-state index >= 15 is 0 Å². The Morgan fingerprint density at radius 2 is 1.73 bits per heavy atom. The molecule has 13 heteroatoms. The summed E-state index contributed by atoms with van der Waals surface area (Å²) < 4.78 is 91.5. The molecule has 8 nitrogen and oxygen atoms in total. The number of carbonyl (C=O) groups is 1. The van der Waals surface area contributed by atoms with Gasteiger partial charge >= 0.3 is 21.5 Å². The van der Waals surface area contributed by atoms with Gasteiger partial charge in [-0.1, -0.05) is 6.92 Å². The van der Waals surface area contributed by atoms with E-state index in [9.17, 15) is 34.8 Å². The molecular formula is C13H20F3NO7S2. The van der Waals surface area contributed by atoms with Gasteiger partial charge in [0, 0.05) is 0 Å². The Labute approximate surface area is 149 Å². The monoisotopic (exact) mass is 423 g/mol. The number of carbonyl (C=O) groups excluding carboxylic acids is 1. The number of rotatable bonds is 9. The fourth-order valence-electron chi connectivity index (χ4n) is 2.39. The van der Waals surface area contributed by atoms with E-state index in [0.29, 0.717) is 23.4 Å². The predicted molar refractivity (Wildman–Crippen MR) is 84.6 cm³/mol. The van der Waals surface area contributed by atoms with Gasteiger partial charge in [-0.05, 0) is 38.7 Å². The van der Waals surface area contributed by atoms with Crippen LogP contribution in [0.4, 0.5) is 13.2 Å². The highest BCUT2D eigenvalue weighted by Crippen LogP contribution is 2.36. The van der Waals surface area contributed by atoms with Crippen molar-refractivity contribution in [2.45, 2.75) is 50.1 Å². The van der Waals surface area contributed by atoms with Crippen molar-refractivity contribution in [2.24, 2.45) is 0 Å². The van der Waals surface area contributed by atoms with Crippen molar-refractivity contribution in [1.29, 1.82) is 0 Å². The number of alkyl halides is 3.